The summed E-state index contributed by atoms with van der Waals surface area (Å²) in [4.78, 5) is 24.1. The Kier molecular flexibility index (Phi) is 4.87. The molecule has 1 aromatic carbocycles. The molecule has 0 bridgehead atoms. The van der Waals surface area contributed by atoms with Crippen LogP contribution in [0.2, 0.25) is 5.02 Å². The number of nitrogens with one attached hydrogen (secondary N) is 1. The van der Waals surface area contributed by atoms with E-state index in [0.29, 0.717) is 6.54 Å². The van der Waals surface area contributed by atoms with Gasteiger partial charge in [-0.25, -0.2) is 0 Å². The molecule has 126 valence electrons. The van der Waals surface area contributed by atoms with Crippen molar-refractivity contribution in [1.82, 2.24) is 5.32 Å². The van der Waals surface area contributed by atoms with Crippen LogP contribution in [0.25, 0.3) is 0 Å². The van der Waals surface area contributed by atoms with E-state index in [1.165, 1.54) is 23.1 Å². The lowest BCUT2D eigenvalue weighted by Gasteiger charge is -2.28. The number of benzene rings is 1. The first kappa shape index (κ1) is 16.9. The standard InChI is InChI=1S/C17H17ClN2O3S/c18-14-6-5-12(20(22)23)10-13(14)16(21)19-11-17(7-1-2-8-17)15-4-3-9-24-15/h3-6,9-10H,1-2,7-8,11H2,(H,19,21). The van der Waals surface area contributed by atoms with Gasteiger partial charge in [-0.3, -0.25) is 14.9 Å². The summed E-state index contributed by atoms with van der Waals surface area (Å²) in [6, 6.07) is 8.05. The number of nitrogens with zero attached hydrogens (tertiary/aromatic N) is 1. The molecule has 0 atom stereocenters. The molecule has 3 rings (SSSR count). The van der Waals surface area contributed by atoms with Crippen LogP contribution in [0.3, 0.4) is 0 Å². The van der Waals surface area contributed by atoms with Crippen molar-refractivity contribution in [2.45, 2.75) is 31.1 Å². The van der Waals surface area contributed by atoms with Gasteiger partial charge < -0.3 is 5.32 Å². The highest BCUT2D eigenvalue weighted by Gasteiger charge is 2.37. The van der Waals surface area contributed by atoms with Crippen LogP contribution in [0.1, 0.15) is 40.9 Å². The van der Waals surface area contributed by atoms with Crippen molar-refractivity contribution in [3.05, 3.63) is 61.3 Å². The lowest BCUT2D eigenvalue weighted by molar-refractivity contribution is -0.384. The number of rotatable bonds is 5. The molecule has 2 aromatic rings. The van der Waals surface area contributed by atoms with Crippen molar-refractivity contribution in [3.63, 3.8) is 0 Å². The van der Waals surface area contributed by atoms with Crippen LogP contribution in [-0.4, -0.2) is 17.4 Å². The van der Waals surface area contributed by atoms with E-state index in [4.69, 9.17) is 11.6 Å². The Morgan fingerprint density at radius 3 is 2.71 bits per heavy atom. The molecule has 1 aliphatic rings. The van der Waals surface area contributed by atoms with Gasteiger partial charge in [0.15, 0.2) is 0 Å². The monoisotopic (exact) mass is 364 g/mol. The fraction of sp³-hybridized carbons (Fsp3) is 0.353. The minimum atomic E-state index is -0.531. The smallest absolute Gasteiger partial charge is 0.270 e. The molecule has 5 nitrogen and oxygen atoms in total. The van der Waals surface area contributed by atoms with Gasteiger partial charge in [-0.05, 0) is 30.4 Å². The minimum absolute atomic E-state index is 0.0307. The number of nitro groups is 1. The quantitative estimate of drug-likeness (QED) is 0.624. The lowest BCUT2D eigenvalue weighted by Crippen LogP contribution is -2.38. The molecule has 1 heterocycles. The molecule has 0 saturated heterocycles. The number of hydrogen-bond donors (Lipinski definition) is 1. The van der Waals surface area contributed by atoms with E-state index in [1.54, 1.807) is 11.3 Å². The molecule has 24 heavy (non-hydrogen) atoms. The van der Waals surface area contributed by atoms with Crippen LogP contribution >= 0.6 is 22.9 Å². The summed E-state index contributed by atoms with van der Waals surface area (Å²) in [6.45, 7) is 0.519. The van der Waals surface area contributed by atoms with Crippen molar-refractivity contribution < 1.29 is 9.72 Å². The second-order valence-corrected chi connectivity index (χ2v) is 7.42. The average Bonchev–Trinajstić information content (AvgIpc) is 3.25. The van der Waals surface area contributed by atoms with E-state index in [-0.39, 0.29) is 27.6 Å². The normalized spacial score (nSPS) is 16.0. The first-order chi connectivity index (χ1) is 11.5. The highest BCUT2D eigenvalue weighted by molar-refractivity contribution is 7.10. The summed E-state index contributed by atoms with van der Waals surface area (Å²) in [5.74, 6) is -0.369. The maximum Gasteiger partial charge on any atom is 0.270 e. The summed E-state index contributed by atoms with van der Waals surface area (Å²) in [7, 11) is 0. The van der Waals surface area contributed by atoms with Crippen LogP contribution in [0, 0.1) is 10.1 Å². The highest BCUT2D eigenvalue weighted by Crippen LogP contribution is 2.42. The van der Waals surface area contributed by atoms with E-state index in [1.807, 2.05) is 6.07 Å². The molecule has 1 aromatic heterocycles. The number of non-ortho nitro benzene ring substituents is 1. The van der Waals surface area contributed by atoms with Crippen molar-refractivity contribution >= 4 is 34.5 Å². The van der Waals surface area contributed by atoms with Crippen molar-refractivity contribution in [3.8, 4) is 0 Å². The number of thiophene rings is 1. The molecule has 1 aliphatic carbocycles. The van der Waals surface area contributed by atoms with Gasteiger partial charge in [0.05, 0.1) is 15.5 Å². The minimum Gasteiger partial charge on any atom is -0.351 e. The number of nitro benzene ring substituents is 1. The average molecular weight is 365 g/mol. The van der Waals surface area contributed by atoms with Gasteiger partial charge in [0.25, 0.3) is 11.6 Å². The van der Waals surface area contributed by atoms with Gasteiger partial charge in [0.1, 0.15) is 0 Å². The van der Waals surface area contributed by atoms with Gasteiger partial charge in [-0.2, -0.15) is 0 Å². The van der Waals surface area contributed by atoms with E-state index in [0.717, 1.165) is 25.7 Å². The summed E-state index contributed by atoms with van der Waals surface area (Å²) >= 11 is 7.75. The van der Waals surface area contributed by atoms with Crippen LogP contribution in [0.4, 0.5) is 5.69 Å². The third kappa shape index (κ3) is 3.30. The number of carbonyl (C=O) groups is 1. The number of carbonyl (C=O) groups excluding carboxylic acids is 1. The summed E-state index contributed by atoms with van der Waals surface area (Å²) in [5.41, 5.74) is -0.0274. The summed E-state index contributed by atoms with van der Waals surface area (Å²) in [6.07, 6.45) is 4.36. The fourth-order valence-electron chi connectivity index (χ4n) is 3.29. The van der Waals surface area contributed by atoms with E-state index in [2.05, 4.69) is 16.8 Å². The van der Waals surface area contributed by atoms with Crippen LogP contribution in [0.15, 0.2) is 35.7 Å². The first-order valence-corrected chi connectivity index (χ1v) is 9.04. The van der Waals surface area contributed by atoms with E-state index >= 15 is 0 Å². The zero-order valence-corrected chi connectivity index (χ0v) is 14.5. The first-order valence-electron chi connectivity index (χ1n) is 7.78. The van der Waals surface area contributed by atoms with Gasteiger partial charge >= 0.3 is 0 Å². The number of amides is 1. The van der Waals surface area contributed by atoms with E-state index < -0.39 is 4.92 Å². The number of hydrogen-bond acceptors (Lipinski definition) is 4. The van der Waals surface area contributed by atoms with Crippen LogP contribution < -0.4 is 5.32 Å². The second-order valence-electron chi connectivity index (χ2n) is 6.07. The van der Waals surface area contributed by atoms with Gasteiger partial charge in [-0.1, -0.05) is 30.5 Å². The fourth-order valence-corrected chi connectivity index (χ4v) is 4.48. The highest BCUT2D eigenvalue weighted by atomic mass is 35.5. The lowest BCUT2D eigenvalue weighted by atomic mass is 9.84. The Morgan fingerprint density at radius 2 is 2.08 bits per heavy atom. The number of halogens is 1. The third-order valence-corrected chi connectivity index (χ3v) is 6.04. The Morgan fingerprint density at radius 1 is 1.33 bits per heavy atom. The Labute approximate surface area is 148 Å². The Bertz CT molecular complexity index is 755. The molecule has 1 N–H and O–H groups in total. The largest absolute Gasteiger partial charge is 0.351 e. The predicted octanol–water partition coefficient (Wildman–Crippen LogP) is 4.55. The molecule has 0 aliphatic heterocycles. The Hall–Kier alpha value is -1.92. The molecule has 1 amide bonds. The molecule has 0 radical (unpaired) electrons. The SMILES string of the molecule is O=C(NCC1(c2cccs2)CCCC1)c1cc([N+](=O)[O-])ccc1Cl. The molecule has 1 fully saturated rings. The molecule has 0 spiro atoms. The molecule has 1 saturated carbocycles. The van der Waals surface area contributed by atoms with E-state index in [9.17, 15) is 14.9 Å². The third-order valence-electron chi connectivity index (χ3n) is 4.60. The zero-order valence-electron chi connectivity index (χ0n) is 13.0. The summed E-state index contributed by atoms with van der Waals surface area (Å²) in [5, 5.41) is 16.1. The second kappa shape index (κ2) is 6.91. The maximum absolute atomic E-state index is 12.5. The zero-order chi connectivity index (χ0) is 17.2. The molecule has 7 heteroatoms. The van der Waals surface area contributed by atoms with Crippen molar-refractivity contribution in [2.24, 2.45) is 0 Å². The predicted molar refractivity (Wildman–Crippen MR) is 94.9 cm³/mol. The van der Waals surface area contributed by atoms with Crippen molar-refractivity contribution in [2.75, 3.05) is 6.54 Å². The van der Waals surface area contributed by atoms with Crippen molar-refractivity contribution in [1.29, 1.82) is 0 Å². The maximum atomic E-state index is 12.5. The molecular formula is C17H17ClN2O3S. The van der Waals surface area contributed by atoms with Gasteiger partial charge in [0.2, 0.25) is 0 Å². The van der Waals surface area contributed by atoms with Crippen LogP contribution in [-0.2, 0) is 5.41 Å². The van der Waals surface area contributed by atoms with Crippen LogP contribution in [0.5, 0.6) is 0 Å². The van der Waals surface area contributed by atoms with Gasteiger partial charge in [0, 0.05) is 29.0 Å². The molecule has 0 unspecified atom stereocenters. The van der Waals surface area contributed by atoms with Gasteiger partial charge in [-0.15, -0.1) is 11.3 Å². The summed E-state index contributed by atoms with van der Waals surface area (Å²) < 4.78 is 0. The topological polar surface area (TPSA) is 72.2 Å². The molecular weight excluding hydrogens is 348 g/mol. The Balaban J connectivity index is 1.78.